The van der Waals surface area contributed by atoms with Crippen molar-refractivity contribution in [2.75, 3.05) is 13.1 Å². The minimum Gasteiger partial charge on any atom is -0.504 e. The summed E-state index contributed by atoms with van der Waals surface area (Å²) in [5, 5.41) is 20.5. The molecule has 0 fully saturated rings. The van der Waals surface area contributed by atoms with Gasteiger partial charge in [-0.25, -0.2) is 0 Å². The van der Waals surface area contributed by atoms with Crippen molar-refractivity contribution >= 4 is 11.6 Å². The Labute approximate surface area is 134 Å². The number of halogens is 1. The van der Waals surface area contributed by atoms with Crippen LogP contribution in [0.4, 0.5) is 0 Å². The second-order valence-electron chi connectivity index (χ2n) is 6.17. The fraction of sp³-hybridized carbons (Fsp3) is 0.333. The van der Waals surface area contributed by atoms with Crippen LogP contribution in [0.1, 0.15) is 28.3 Å². The van der Waals surface area contributed by atoms with Gasteiger partial charge in [-0.2, -0.15) is 0 Å². The number of fused-ring (bicyclic) bond motifs is 4. The van der Waals surface area contributed by atoms with Crippen LogP contribution in [0.2, 0.25) is 5.02 Å². The van der Waals surface area contributed by atoms with Crippen molar-refractivity contribution in [3.05, 3.63) is 57.6 Å². The van der Waals surface area contributed by atoms with Gasteiger partial charge in [-0.3, -0.25) is 4.90 Å². The molecule has 0 saturated heterocycles. The van der Waals surface area contributed by atoms with Crippen LogP contribution in [0.25, 0.3) is 0 Å². The molecule has 2 N–H and O–H groups in total. The predicted octanol–water partition coefficient (Wildman–Crippen LogP) is 3.45. The Morgan fingerprint density at radius 1 is 1.00 bits per heavy atom. The number of phenolic OH excluding ortho intramolecular Hbond substituents is 2. The molecule has 2 aromatic rings. The zero-order valence-electron chi connectivity index (χ0n) is 12.2. The lowest BCUT2D eigenvalue weighted by Gasteiger charge is -2.36. The molecule has 2 heterocycles. The summed E-state index contributed by atoms with van der Waals surface area (Å²) < 4.78 is 0. The molecule has 0 aromatic heterocycles. The van der Waals surface area contributed by atoms with E-state index in [9.17, 15) is 10.2 Å². The second kappa shape index (κ2) is 5.18. The highest BCUT2D eigenvalue weighted by Gasteiger charge is 2.31. The molecule has 0 radical (unpaired) electrons. The summed E-state index contributed by atoms with van der Waals surface area (Å²) in [5.41, 5.74) is 4.82. The van der Waals surface area contributed by atoms with Gasteiger partial charge in [-0.05, 0) is 59.7 Å². The molecular weight excluding hydrogens is 298 g/mol. The summed E-state index contributed by atoms with van der Waals surface area (Å²) in [6.07, 6.45) is 2.77. The molecule has 0 amide bonds. The zero-order chi connectivity index (χ0) is 15.3. The third kappa shape index (κ3) is 2.16. The molecule has 0 spiro atoms. The lowest BCUT2D eigenvalue weighted by atomic mass is 9.88. The standard InChI is InChI=1S/C18H18ClNO2/c19-15-3-1-2-11-8-16-14-10-18(22)17(21)9-12(14)4-6-20(16)7-5-13(11)15/h1-3,9-10,16,21-22H,4-8H2. The molecule has 4 heteroatoms. The number of nitrogens with zero attached hydrogens (tertiary/aromatic N) is 1. The van der Waals surface area contributed by atoms with Gasteiger partial charge in [0.2, 0.25) is 0 Å². The van der Waals surface area contributed by atoms with E-state index in [1.807, 2.05) is 12.1 Å². The molecular formula is C18H18ClNO2. The van der Waals surface area contributed by atoms with E-state index >= 15 is 0 Å². The van der Waals surface area contributed by atoms with E-state index in [1.165, 1.54) is 11.1 Å². The lowest BCUT2D eigenvalue weighted by Crippen LogP contribution is -2.36. The summed E-state index contributed by atoms with van der Waals surface area (Å²) in [7, 11) is 0. The number of benzene rings is 2. The topological polar surface area (TPSA) is 43.7 Å². The largest absolute Gasteiger partial charge is 0.504 e. The van der Waals surface area contributed by atoms with Crippen molar-refractivity contribution in [1.82, 2.24) is 4.90 Å². The predicted molar refractivity (Wildman–Crippen MR) is 86.6 cm³/mol. The van der Waals surface area contributed by atoms with Crippen LogP contribution in [0, 0.1) is 0 Å². The monoisotopic (exact) mass is 315 g/mol. The van der Waals surface area contributed by atoms with Crippen LogP contribution in [-0.4, -0.2) is 28.2 Å². The quantitative estimate of drug-likeness (QED) is 0.732. The molecule has 2 aliphatic heterocycles. The normalized spacial score (nSPS) is 20.7. The Hall–Kier alpha value is -1.71. The first-order valence-electron chi connectivity index (χ1n) is 7.68. The highest BCUT2D eigenvalue weighted by atomic mass is 35.5. The Bertz CT molecular complexity index is 744. The summed E-state index contributed by atoms with van der Waals surface area (Å²) in [6, 6.07) is 9.81. The van der Waals surface area contributed by atoms with E-state index in [0.717, 1.165) is 48.5 Å². The number of rotatable bonds is 0. The molecule has 0 bridgehead atoms. The van der Waals surface area contributed by atoms with Crippen LogP contribution >= 0.6 is 11.6 Å². The fourth-order valence-corrected chi connectivity index (χ4v) is 4.11. The molecule has 0 saturated carbocycles. The van der Waals surface area contributed by atoms with Crippen molar-refractivity contribution in [3.8, 4) is 11.5 Å². The molecule has 1 atom stereocenters. The SMILES string of the molecule is Oc1cc2c(cc1O)C1Cc3cccc(Cl)c3CCN1CC2. The third-order valence-corrected chi connectivity index (χ3v) is 5.34. The maximum atomic E-state index is 9.89. The number of hydrogen-bond acceptors (Lipinski definition) is 3. The summed E-state index contributed by atoms with van der Waals surface area (Å²) >= 11 is 6.37. The fourth-order valence-electron chi connectivity index (χ4n) is 3.82. The molecule has 2 aromatic carbocycles. The van der Waals surface area contributed by atoms with Crippen molar-refractivity contribution in [1.29, 1.82) is 0 Å². The van der Waals surface area contributed by atoms with Gasteiger partial charge >= 0.3 is 0 Å². The maximum absolute atomic E-state index is 9.89. The van der Waals surface area contributed by atoms with Crippen LogP contribution in [0.5, 0.6) is 11.5 Å². The molecule has 1 unspecified atom stereocenters. The van der Waals surface area contributed by atoms with Crippen molar-refractivity contribution in [2.24, 2.45) is 0 Å². The Morgan fingerprint density at radius 3 is 2.64 bits per heavy atom. The molecule has 0 aliphatic carbocycles. The van der Waals surface area contributed by atoms with Crippen molar-refractivity contribution in [2.45, 2.75) is 25.3 Å². The first kappa shape index (κ1) is 13.9. The highest BCUT2D eigenvalue weighted by Crippen LogP contribution is 2.40. The van der Waals surface area contributed by atoms with Crippen molar-refractivity contribution in [3.63, 3.8) is 0 Å². The van der Waals surface area contributed by atoms with Gasteiger partial charge in [-0.15, -0.1) is 0 Å². The van der Waals surface area contributed by atoms with E-state index in [4.69, 9.17) is 11.6 Å². The van der Waals surface area contributed by atoms with Gasteiger partial charge in [0.15, 0.2) is 11.5 Å². The van der Waals surface area contributed by atoms with E-state index in [-0.39, 0.29) is 17.5 Å². The smallest absolute Gasteiger partial charge is 0.157 e. The van der Waals surface area contributed by atoms with Gasteiger partial charge in [0.25, 0.3) is 0 Å². The molecule has 114 valence electrons. The Balaban J connectivity index is 1.80. The average Bonchev–Trinajstić information content (AvgIpc) is 2.69. The van der Waals surface area contributed by atoms with Crippen LogP contribution in [0.15, 0.2) is 30.3 Å². The first-order chi connectivity index (χ1) is 10.6. The summed E-state index contributed by atoms with van der Waals surface area (Å²) in [5.74, 6) is -0.0552. The maximum Gasteiger partial charge on any atom is 0.157 e. The van der Waals surface area contributed by atoms with Gasteiger partial charge in [0.1, 0.15) is 0 Å². The Kier molecular flexibility index (Phi) is 3.28. The minimum absolute atomic E-state index is 0.0238. The van der Waals surface area contributed by atoms with Gasteiger partial charge in [-0.1, -0.05) is 23.7 Å². The number of aromatic hydroxyl groups is 2. The van der Waals surface area contributed by atoms with Crippen LogP contribution in [0.3, 0.4) is 0 Å². The van der Waals surface area contributed by atoms with Crippen LogP contribution in [-0.2, 0) is 19.3 Å². The van der Waals surface area contributed by atoms with E-state index < -0.39 is 0 Å². The van der Waals surface area contributed by atoms with Crippen molar-refractivity contribution < 1.29 is 10.2 Å². The molecule has 22 heavy (non-hydrogen) atoms. The van der Waals surface area contributed by atoms with Crippen LogP contribution < -0.4 is 0 Å². The van der Waals surface area contributed by atoms with Gasteiger partial charge in [0.05, 0.1) is 0 Å². The number of hydrogen-bond donors (Lipinski definition) is 2. The molecule has 3 nitrogen and oxygen atoms in total. The first-order valence-corrected chi connectivity index (χ1v) is 8.06. The Morgan fingerprint density at radius 2 is 1.77 bits per heavy atom. The molecule has 4 rings (SSSR count). The lowest BCUT2D eigenvalue weighted by molar-refractivity contribution is 0.191. The van der Waals surface area contributed by atoms with E-state index in [1.54, 1.807) is 12.1 Å². The van der Waals surface area contributed by atoms with Gasteiger partial charge < -0.3 is 10.2 Å². The second-order valence-corrected chi connectivity index (χ2v) is 6.58. The summed E-state index contributed by atoms with van der Waals surface area (Å²) in [4.78, 5) is 2.47. The highest BCUT2D eigenvalue weighted by molar-refractivity contribution is 6.31. The van der Waals surface area contributed by atoms with Gasteiger partial charge in [0, 0.05) is 24.2 Å². The summed E-state index contributed by atoms with van der Waals surface area (Å²) in [6.45, 7) is 1.95. The average molecular weight is 316 g/mol. The zero-order valence-corrected chi connectivity index (χ0v) is 13.0. The third-order valence-electron chi connectivity index (χ3n) is 4.98. The van der Waals surface area contributed by atoms with E-state index in [0.29, 0.717) is 0 Å². The number of phenols is 2. The minimum atomic E-state index is -0.0313. The van der Waals surface area contributed by atoms with E-state index in [2.05, 4.69) is 11.0 Å². The molecule has 2 aliphatic rings.